The summed E-state index contributed by atoms with van der Waals surface area (Å²) in [6.45, 7) is 0.970. The van der Waals surface area contributed by atoms with Gasteiger partial charge in [0.1, 0.15) is 0 Å². The third-order valence-electron chi connectivity index (χ3n) is 3.51. The molecule has 1 unspecified atom stereocenters. The highest BCUT2D eigenvalue weighted by molar-refractivity contribution is 5.35. The molecule has 0 saturated carbocycles. The fraction of sp³-hybridized carbons (Fsp3) is 0.533. The van der Waals surface area contributed by atoms with Gasteiger partial charge in [0.2, 0.25) is 0 Å². The van der Waals surface area contributed by atoms with Gasteiger partial charge in [-0.3, -0.25) is 0 Å². The van der Waals surface area contributed by atoms with E-state index in [-0.39, 0.29) is 25.4 Å². The fourth-order valence-electron chi connectivity index (χ4n) is 2.35. The molecule has 1 aromatic rings. The molecule has 5 heteroatoms. The molecule has 2 rings (SSSR count). The van der Waals surface area contributed by atoms with Gasteiger partial charge >= 0.3 is 0 Å². The van der Waals surface area contributed by atoms with Crippen molar-refractivity contribution in [1.82, 2.24) is 0 Å². The Morgan fingerprint density at radius 2 is 1.90 bits per heavy atom. The fourth-order valence-corrected chi connectivity index (χ4v) is 2.35. The van der Waals surface area contributed by atoms with Crippen LogP contribution in [0.3, 0.4) is 0 Å². The lowest BCUT2D eigenvalue weighted by atomic mass is 9.92. The zero-order valence-electron chi connectivity index (χ0n) is 11.3. The second-order valence-corrected chi connectivity index (χ2v) is 4.77. The number of hydrogen-bond acceptors (Lipinski definition) is 5. The van der Waals surface area contributed by atoms with Gasteiger partial charge < -0.3 is 19.7 Å². The zero-order chi connectivity index (χ0) is 14.4. The van der Waals surface area contributed by atoms with E-state index in [9.17, 15) is 15.5 Å². The van der Waals surface area contributed by atoms with E-state index < -0.39 is 0 Å². The maximum absolute atomic E-state index is 9.30. The average molecular weight is 277 g/mol. The lowest BCUT2D eigenvalue weighted by Crippen LogP contribution is -2.10. The number of aliphatic hydroxyl groups is 2. The Morgan fingerprint density at radius 3 is 2.50 bits per heavy atom. The minimum Gasteiger partial charge on any atom is -0.392 e. The molecule has 1 aliphatic rings. The second kappa shape index (κ2) is 7.36. The number of benzene rings is 1. The third kappa shape index (κ3) is 3.56. The first-order chi connectivity index (χ1) is 9.78. The van der Waals surface area contributed by atoms with Gasteiger partial charge in [0.05, 0.1) is 38.4 Å². The van der Waals surface area contributed by atoms with E-state index in [1.54, 1.807) is 12.1 Å². The highest BCUT2D eigenvalue weighted by Crippen LogP contribution is 2.25. The van der Waals surface area contributed by atoms with E-state index >= 15 is 0 Å². The molecule has 5 nitrogen and oxygen atoms in total. The summed E-state index contributed by atoms with van der Waals surface area (Å²) in [5, 5.41) is 27.8. The van der Waals surface area contributed by atoms with Crippen LogP contribution in [0.2, 0.25) is 0 Å². The largest absolute Gasteiger partial charge is 0.392 e. The van der Waals surface area contributed by atoms with Crippen molar-refractivity contribution in [1.29, 1.82) is 5.26 Å². The summed E-state index contributed by atoms with van der Waals surface area (Å²) in [4.78, 5) is 0. The molecule has 1 saturated heterocycles. The van der Waals surface area contributed by atoms with Gasteiger partial charge in [-0.2, -0.15) is 5.26 Å². The van der Waals surface area contributed by atoms with Crippen LogP contribution in [0.25, 0.3) is 0 Å². The first-order valence-corrected chi connectivity index (χ1v) is 6.74. The zero-order valence-corrected chi connectivity index (χ0v) is 11.3. The minimum atomic E-state index is -0.263. The first kappa shape index (κ1) is 14.9. The molecular formula is C15H19NO4. The minimum absolute atomic E-state index is 0.114. The number of ether oxygens (including phenoxy) is 2. The van der Waals surface area contributed by atoms with Gasteiger partial charge in [0.25, 0.3) is 0 Å². The van der Waals surface area contributed by atoms with Crippen LogP contribution in [-0.4, -0.2) is 29.7 Å². The third-order valence-corrected chi connectivity index (χ3v) is 3.51. The summed E-state index contributed by atoms with van der Waals surface area (Å²) < 4.78 is 10.7. The van der Waals surface area contributed by atoms with Crippen LogP contribution in [0, 0.1) is 11.3 Å². The van der Waals surface area contributed by atoms with Crippen molar-refractivity contribution in [2.75, 3.05) is 13.2 Å². The molecule has 1 fully saturated rings. The molecule has 1 heterocycles. The van der Waals surface area contributed by atoms with Crippen LogP contribution in [0.4, 0.5) is 0 Å². The summed E-state index contributed by atoms with van der Waals surface area (Å²) in [5.74, 6) is -0.263. The summed E-state index contributed by atoms with van der Waals surface area (Å²) >= 11 is 0. The smallest absolute Gasteiger partial charge is 0.157 e. The van der Waals surface area contributed by atoms with Crippen molar-refractivity contribution in [3.63, 3.8) is 0 Å². The Hall–Kier alpha value is -1.45. The van der Waals surface area contributed by atoms with E-state index in [2.05, 4.69) is 6.07 Å². The number of rotatable bonds is 6. The maximum Gasteiger partial charge on any atom is 0.157 e. The Morgan fingerprint density at radius 1 is 1.20 bits per heavy atom. The monoisotopic (exact) mass is 277 g/mol. The molecule has 0 bridgehead atoms. The summed E-state index contributed by atoms with van der Waals surface area (Å²) in [7, 11) is 0. The lowest BCUT2D eigenvalue weighted by molar-refractivity contribution is -0.0480. The second-order valence-electron chi connectivity index (χ2n) is 4.77. The van der Waals surface area contributed by atoms with Crippen LogP contribution in [0.1, 0.15) is 35.4 Å². The molecule has 0 aliphatic carbocycles. The highest BCUT2D eigenvalue weighted by Gasteiger charge is 2.19. The summed E-state index contributed by atoms with van der Waals surface area (Å²) in [6.07, 6.45) is 1.11. The van der Waals surface area contributed by atoms with Crippen LogP contribution in [-0.2, 0) is 22.7 Å². The van der Waals surface area contributed by atoms with Crippen molar-refractivity contribution in [3.05, 3.63) is 34.9 Å². The lowest BCUT2D eigenvalue weighted by Gasteiger charge is -2.14. The summed E-state index contributed by atoms with van der Waals surface area (Å²) in [6, 6.07) is 7.65. The molecule has 108 valence electrons. The summed E-state index contributed by atoms with van der Waals surface area (Å²) in [5.41, 5.74) is 2.21. The molecular weight excluding hydrogens is 258 g/mol. The van der Waals surface area contributed by atoms with E-state index in [1.165, 1.54) is 0 Å². The standard InChI is InChI=1S/C15H19NO4/c16-8-12(3-4-15-19-5-6-20-15)11-1-2-13(9-17)14(7-11)10-18/h1-2,7,12,15,17-18H,3-6,9-10H2. The van der Waals surface area contributed by atoms with Gasteiger partial charge in [-0.05, 0) is 29.5 Å². The molecule has 0 aromatic heterocycles. The van der Waals surface area contributed by atoms with E-state index in [0.717, 1.165) is 5.56 Å². The van der Waals surface area contributed by atoms with E-state index in [4.69, 9.17) is 9.47 Å². The number of hydrogen-bond donors (Lipinski definition) is 2. The van der Waals surface area contributed by atoms with Crippen LogP contribution in [0.15, 0.2) is 18.2 Å². The van der Waals surface area contributed by atoms with Gasteiger partial charge in [-0.15, -0.1) is 0 Å². The molecule has 20 heavy (non-hydrogen) atoms. The SMILES string of the molecule is N#CC(CCC1OCCO1)c1ccc(CO)c(CO)c1. The molecule has 1 atom stereocenters. The van der Waals surface area contributed by atoms with Crippen molar-refractivity contribution >= 4 is 0 Å². The highest BCUT2D eigenvalue weighted by atomic mass is 16.7. The Bertz CT molecular complexity index is 477. The van der Waals surface area contributed by atoms with E-state index in [1.807, 2.05) is 6.07 Å². The van der Waals surface area contributed by atoms with Gasteiger partial charge in [-0.25, -0.2) is 0 Å². The Kier molecular flexibility index (Phi) is 5.50. The molecule has 2 N–H and O–H groups in total. The molecule has 0 amide bonds. The van der Waals surface area contributed by atoms with Gasteiger partial charge in [0, 0.05) is 0 Å². The van der Waals surface area contributed by atoms with Crippen LogP contribution < -0.4 is 0 Å². The normalized spacial score (nSPS) is 17.1. The number of nitriles is 1. The van der Waals surface area contributed by atoms with E-state index in [0.29, 0.717) is 37.2 Å². The maximum atomic E-state index is 9.30. The van der Waals surface area contributed by atoms with Crippen molar-refractivity contribution in [2.24, 2.45) is 0 Å². The Labute approximate surface area is 118 Å². The molecule has 0 radical (unpaired) electrons. The van der Waals surface area contributed by atoms with Gasteiger partial charge in [-0.1, -0.05) is 18.2 Å². The quantitative estimate of drug-likeness (QED) is 0.822. The predicted molar refractivity (Wildman–Crippen MR) is 71.6 cm³/mol. The van der Waals surface area contributed by atoms with Gasteiger partial charge in [0.15, 0.2) is 6.29 Å². The number of nitrogens with zero attached hydrogens (tertiary/aromatic N) is 1. The average Bonchev–Trinajstić information content (AvgIpc) is 3.01. The first-order valence-electron chi connectivity index (χ1n) is 6.74. The van der Waals surface area contributed by atoms with Crippen molar-refractivity contribution < 1.29 is 19.7 Å². The van der Waals surface area contributed by atoms with Crippen LogP contribution >= 0.6 is 0 Å². The van der Waals surface area contributed by atoms with Crippen molar-refractivity contribution in [2.45, 2.75) is 38.3 Å². The molecule has 1 aromatic carbocycles. The topological polar surface area (TPSA) is 82.7 Å². The molecule has 1 aliphatic heterocycles. The molecule has 0 spiro atoms. The van der Waals surface area contributed by atoms with Crippen LogP contribution in [0.5, 0.6) is 0 Å². The Balaban J connectivity index is 2.04. The van der Waals surface area contributed by atoms with Crippen molar-refractivity contribution in [3.8, 4) is 6.07 Å². The predicted octanol–water partition coefficient (Wildman–Crippen LogP) is 1.43. The number of aliphatic hydroxyl groups excluding tert-OH is 2.